The molecule has 0 bridgehead atoms. The SMILES string of the molecule is O=c1c(Cl)c(N2CCc3c(ncn3Cc3ccc(F)cc3C(F)(F)F)C2)cnn1PI. The highest BCUT2D eigenvalue weighted by Gasteiger charge is 2.34. The molecule has 0 N–H and O–H groups in total. The summed E-state index contributed by atoms with van der Waals surface area (Å²) in [4.78, 5) is 18.5. The zero-order valence-electron chi connectivity index (χ0n) is 15.6. The van der Waals surface area contributed by atoms with E-state index in [1.54, 1.807) is 4.57 Å². The lowest BCUT2D eigenvalue weighted by Gasteiger charge is -2.29. The molecule has 0 amide bonds. The molecule has 1 unspecified atom stereocenters. The van der Waals surface area contributed by atoms with Crippen LogP contribution in [-0.2, 0) is 25.7 Å². The topological polar surface area (TPSA) is 56.0 Å². The molecule has 164 valence electrons. The van der Waals surface area contributed by atoms with E-state index in [0.29, 0.717) is 37.0 Å². The van der Waals surface area contributed by atoms with Crippen molar-refractivity contribution in [3.8, 4) is 0 Å². The molecular weight excluding hydrogens is 572 g/mol. The predicted octanol–water partition coefficient (Wildman–Crippen LogP) is 4.65. The molecule has 1 aromatic carbocycles. The molecule has 0 fully saturated rings. The van der Waals surface area contributed by atoms with Gasteiger partial charge in [-0.05, 0) is 39.7 Å². The molecule has 3 aromatic rings. The van der Waals surface area contributed by atoms with E-state index in [-0.39, 0.29) is 29.1 Å². The summed E-state index contributed by atoms with van der Waals surface area (Å²) in [5.74, 6) is -0.935. The van der Waals surface area contributed by atoms with Gasteiger partial charge in [0.05, 0.1) is 42.4 Å². The highest BCUT2D eigenvalue weighted by molar-refractivity contribution is 14.2. The largest absolute Gasteiger partial charge is 0.416 e. The van der Waals surface area contributed by atoms with Gasteiger partial charge in [-0.1, -0.05) is 17.7 Å². The van der Waals surface area contributed by atoms with Crippen LogP contribution in [0.25, 0.3) is 0 Å². The Hall–Kier alpha value is -1.72. The number of hydrogen-bond acceptors (Lipinski definition) is 4. The Morgan fingerprint density at radius 1 is 1.29 bits per heavy atom. The molecule has 1 atom stereocenters. The molecule has 1 aliphatic heterocycles. The minimum absolute atomic E-state index is 0.0352. The minimum atomic E-state index is -4.66. The first-order valence-electron chi connectivity index (χ1n) is 8.97. The molecule has 0 saturated carbocycles. The molecule has 0 radical (unpaired) electrons. The average molecular weight is 586 g/mol. The first-order chi connectivity index (χ1) is 14.7. The second-order valence-electron chi connectivity index (χ2n) is 6.88. The first kappa shape index (κ1) is 22.5. The second-order valence-corrected chi connectivity index (χ2v) is 9.30. The Labute approximate surface area is 193 Å². The lowest BCUT2D eigenvalue weighted by Crippen LogP contribution is -2.33. The van der Waals surface area contributed by atoms with Crippen molar-refractivity contribution in [3.05, 3.63) is 74.4 Å². The summed E-state index contributed by atoms with van der Waals surface area (Å²) in [5, 5.41) is 4.18. The number of nitrogens with zero attached hydrogens (tertiary/aromatic N) is 5. The Kier molecular flexibility index (Phi) is 6.28. The molecule has 13 heteroatoms. The Balaban J connectivity index is 1.60. The maximum atomic E-state index is 13.4. The van der Waals surface area contributed by atoms with Crippen molar-refractivity contribution < 1.29 is 17.6 Å². The van der Waals surface area contributed by atoms with E-state index in [0.717, 1.165) is 17.8 Å². The number of halogens is 6. The Morgan fingerprint density at radius 3 is 2.77 bits per heavy atom. The minimum Gasteiger partial charge on any atom is -0.362 e. The van der Waals surface area contributed by atoms with Crippen molar-refractivity contribution in [1.29, 1.82) is 0 Å². The van der Waals surface area contributed by atoms with Gasteiger partial charge in [0.1, 0.15) is 10.8 Å². The van der Waals surface area contributed by atoms with Crippen molar-refractivity contribution in [2.75, 3.05) is 11.4 Å². The summed E-state index contributed by atoms with van der Waals surface area (Å²) in [6, 6.07) is 2.67. The van der Waals surface area contributed by atoms with Gasteiger partial charge >= 0.3 is 6.18 Å². The summed E-state index contributed by atoms with van der Waals surface area (Å²) in [5.41, 5.74) is 0.557. The number of hydrogen-bond donors (Lipinski definition) is 0. The summed E-state index contributed by atoms with van der Waals surface area (Å²) < 4.78 is 56.2. The van der Waals surface area contributed by atoms with Crippen LogP contribution in [0.2, 0.25) is 5.02 Å². The van der Waals surface area contributed by atoms with Crippen LogP contribution in [-0.4, -0.2) is 25.6 Å². The number of aromatic nitrogens is 4. The van der Waals surface area contributed by atoms with Gasteiger partial charge < -0.3 is 9.47 Å². The molecule has 4 rings (SSSR count). The quantitative estimate of drug-likeness (QED) is 0.254. The van der Waals surface area contributed by atoms with Crippen LogP contribution in [0.4, 0.5) is 23.2 Å². The van der Waals surface area contributed by atoms with E-state index in [1.165, 1.54) is 17.0 Å². The van der Waals surface area contributed by atoms with Gasteiger partial charge in [0, 0.05) is 25.2 Å². The van der Waals surface area contributed by atoms with Crippen molar-refractivity contribution >= 4 is 45.7 Å². The molecule has 0 spiro atoms. The monoisotopic (exact) mass is 585 g/mol. The number of rotatable bonds is 4. The molecule has 31 heavy (non-hydrogen) atoms. The van der Waals surface area contributed by atoms with Crippen molar-refractivity contribution in [1.82, 2.24) is 19.1 Å². The third-order valence-electron chi connectivity index (χ3n) is 5.03. The molecule has 2 aromatic heterocycles. The van der Waals surface area contributed by atoms with Gasteiger partial charge in [-0.15, -0.1) is 0 Å². The van der Waals surface area contributed by atoms with Crippen LogP contribution in [0, 0.1) is 5.82 Å². The van der Waals surface area contributed by atoms with E-state index in [4.69, 9.17) is 11.6 Å². The van der Waals surface area contributed by atoms with Gasteiger partial charge in [-0.3, -0.25) is 4.79 Å². The first-order valence-corrected chi connectivity index (χ1v) is 13.4. The van der Waals surface area contributed by atoms with Gasteiger partial charge in [-0.25, -0.2) is 13.8 Å². The van der Waals surface area contributed by atoms with Crippen molar-refractivity contribution in [2.24, 2.45) is 0 Å². The van der Waals surface area contributed by atoms with Crippen LogP contribution in [0.15, 0.2) is 35.5 Å². The summed E-state index contributed by atoms with van der Waals surface area (Å²) in [7, 11) is 0. The fourth-order valence-corrected chi connectivity index (χ4v) is 5.19. The average Bonchev–Trinajstić information content (AvgIpc) is 3.12. The van der Waals surface area contributed by atoms with Gasteiger partial charge in [0.25, 0.3) is 5.56 Å². The van der Waals surface area contributed by atoms with Gasteiger partial charge in [0.15, 0.2) is 0 Å². The van der Waals surface area contributed by atoms with Crippen molar-refractivity contribution in [3.63, 3.8) is 0 Å². The highest BCUT2D eigenvalue weighted by atomic mass is 127. The lowest BCUT2D eigenvalue weighted by atomic mass is 10.1. The van der Waals surface area contributed by atoms with E-state index in [1.807, 2.05) is 26.9 Å². The standard InChI is InChI=1S/C18H14ClF4IN5OP/c19-16-15(6-26-29(31-24)17(16)30)27-4-3-14-13(8-27)25-9-28(14)7-10-1-2-11(20)5-12(10)18(21,22)23/h1-2,5-6,9,31H,3-4,7-8H2. The zero-order chi connectivity index (χ0) is 22.3. The van der Waals surface area contributed by atoms with Crippen molar-refractivity contribution in [2.45, 2.75) is 25.7 Å². The molecule has 0 aliphatic carbocycles. The number of imidazole rings is 1. The summed E-state index contributed by atoms with van der Waals surface area (Å²) >= 11 is 8.28. The van der Waals surface area contributed by atoms with E-state index in [9.17, 15) is 22.4 Å². The van der Waals surface area contributed by atoms with Crippen LogP contribution in [0.1, 0.15) is 22.5 Å². The van der Waals surface area contributed by atoms with Crippen LogP contribution >= 0.6 is 40.0 Å². The molecule has 3 heterocycles. The predicted molar refractivity (Wildman–Crippen MR) is 119 cm³/mol. The zero-order valence-corrected chi connectivity index (χ0v) is 19.5. The van der Waals surface area contributed by atoms with E-state index < -0.39 is 17.6 Å². The second kappa shape index (κ2) is 8.67. The Morgan fingerprint density at radius 2 is 2.06 bits per heavy atom. The fraction of sp³-hybridized carbons (Fsp3) is 0.278. The summed E-state index contributed by atoms with van der Waals surface area (Å²) in [6.07, 6.45) is -1.03. The molecular formula is C18H14ClF4IN5OP. The number of benzene rings is 1. The van der Waals surface area contributed by atoms with E-state index in [2.05, 4.69) is 10.1 Å². The van der Waals surface area contributed by atoms with E-state index >= 15 is 0 Å². The number of anilines is 1. The third kappa shape index (κ3) is 4.45. The number of fused-ring (bicyclic) bond motifs is 1. The maximum absolute atomic E-state index is 13.4. The molecule has 6 nitrogen and oxygen atoms in total. The smallest absolute Gasteiger partial charge is 0.362 e. The van der Waals surface area contributed by atoms with Crippen LogP contribution in [0.5, 0.6) is 0 Å². The normalized spacial score (nSPS) is 14.5. The third-order valence-corrected chi connectivity index (χ3v) is 7.24. The highest BCUT2D eigenvalue weighted by Crippen LogP contribution is 2.34. The fourth-order valence-electron chi connectivity index (χ4n) is 3.55. The summed E-state index contributed by atoms with van der Waals surface area (Å²) in [6.45, 7) is 0.757. The van der Waals surface area contributed by atoms with Gasteiger partial charge in [-0.2, -0.15) is 18.3 Å². The maximum Gasteiger partial charge on any atom is 0.416 e. The van der Waals surface area contributed by atoms with Crippen LogP contribution < -0.4 is 10.5 Å². The molecule has 1 aliphatic rings. The van der Waals surface area contributed by atoms with Crippen LogP contribution in [0.3, 0.4) is 0 Å². The molecule has 0 saturated heterocycles. The lowest BCUT2D eigenvalue weighted by molar-refractivity contribution is -0.138. The Bertz CT molecular complexity index is 1200. The number of alkyl halides is 3. The van der Waals surface area contributed by atoms with Gasteiger partial charge in [0.2, 0.25) is 0 Å².